The molecule has 72 valence electrons. The molecule has 0 fully saturated rings. The van der Waals surface area contributed by atoms with Crippen molar-refractivity contribution in [3.05, 3.63) is 0 Å². The zero-order chi connectivity index (χ0) is 9.78. The molecule has 0 rings (SSSR count). The molecule has 0 aliphatic heterocycles. The minimum Gasteiger partial charge on any atom is -0.480 e. The molecule has 0 aromatic heterocycles. The van der Waals surface area contributed by atoms with Crippen LogP contribution in [0.15, 0.2) is 0 Å². The van der Waals surface area contributed by atoms with Crippen LogP contribution in [0.25, 0.3) is 0 Å². The zero-order valence-electron chi connectivity index (χ0n) is 7.83. The van der Waals surface area contributed by atoms with Gasteiger partial charge in [0.1, 0.15) is 6.04 Å². The molecule has 0 aliphatic rings. The summed E-state index contributed by atoms with van der Waals surface area (Å²) in [5.74, 6) is -0.440. The molecular weight excluding hydrogens is 174 g/mol. The van der Waals surface area contributed by atoms with E-state index in [4.69, 9.17) is 10.8 Å². The Morgan fingerprint density at radius 2 is 2.17 bits per heavy atom. The molecule has 4 heteroatoms. The van der Waals surface area contributed by atoms with Gasteiger partial charge in [-0.3, -0.25) is 4.79 Å². The van der Waals surface area contributed by atoms with E-state index in [1.807, 2.05) is 0 Å². The van der Waals surface area contributed by atoms with Gasteiger partial charge in [-0.05, 0) is 6.42 Å². The highest BCUT2D eigenvalue weighted by atomic mass is 32.2. The van der Waals surface area contributed by atoms with Gasteiger partial charge in [0.05, 0.1) is 0 Å². The lowest BCUT2D eigenvalue weighted by Crippen LogP contribution is -2.34. The molecule has 12 heavy (non-hydrogen) atoms. The molecule has 3 nitrogen and oxygen atoms in total. The van der Waals surface area contributed by atoms with Gasteiger partial charge in [-0.15, -0.1) is 0 Å². The molecular formula is C8H17NO2S. The van der Waals surface area contributed by atoms with Crippen molar-refractivity contribution in [3.63, 3.8) is 0 Å². The average Bonchev–Trinajstić information content (AvgIpc) is 2.00. The largest absolute Gasteiger partial charge is 0.480 e. The van der Waals surface area contributed by atoms with E-state index in [2.05, 4.69) is 20.8 Å². The number of carbonyl (C=O) groups is 1. The lowest BCUT2D eigenvalue weighted by Gasteiger charge is -2.22. The Hall–Kier alpha value is -0.220. The maximum atomic E-state index is 10.4. The van der Waals surface area contributed by atoms with Gasteiger partial charge in [-0.1, -0.05) is 20.8 Å². The Morgan fingerprint density at radius 3 is 2.50 bits per heavy atom. The average molecular weight is 191 g/mol. The number of hydrogen-bond donors (Lipinski definition) is 2. The summed E-state index contributed by atoms with van der Waals surface area (Å²) in [6.07, 6.45) is 1.02. The highest BCUT2D eigenvalue weighted by Gasteiger charge is 2.19. The smallest absolute Gasteiger partial charge is 0.321 e. The predicted octanol–water partition coefficient (Wildman–Crippen LogP) is 1.32. The Labute approximate surface area is 77.7 Å². The third-order valence-corrected chi connectivity index (χ3v) is 3.42. The van der Waals surface area contributed by atoms with E-state index in [1.54, 1.807) is 11.8 Å². The molecule has 0 unspecified atom stereocenters. The summed E-state index contributed by atoms with van der Waals surface area (Å²) in [7, 11) is 0. The molecule has 0 bridgehead atoms. The third-order valence-electron chi connectivity index (χ3n) is 1.82. The lowest BCUT2D eigenvalue weighted by atomic mass is 10.1. The van der Waals surface area contributed by atoms with Gasteiger partial charge in [-0.2, -0.15) is 11.8 Å². The minimum atomic E-state index is -0.922. The second-order valence-electron chi connectivity index (χ2n) is 3.37. The molecule has 0 saturated carbocycles. The third kappa shape index (κ3) is 4.62. The molecule has 0 radical (unpaired) electrons. The van der Waals surface area contributed by atoms with Gasteiger partial charge in [0.15, 0.2) is 0 Å². The topological polar surface area (TPSA) is 63.3 Å². The molecule has 0 spiro atoms. The number of aliphatic carboxylic acids is 1. The summed E-state index contributed by atoms with van der Waals surface area (Å²) in [6, 6.07) is -0.735. The van der Waals surface area contributed by atoms with Crippen molar-refractivity contribution >= 4 is 17.7 Å². The van der Waals surface area contributed by atoms with Crippen molar-refractivity contribution in [3.8, 4) is 0 Å². The summed E-state index contributed by atoms with van der Waals surface area (Å²) < 4.78 is 0.132. The Morgan fingerprint density at radius 1 is 1.67 bits per heavy atom. The van der Waals surface area contributed by atoms with E-state index >= 15 is 0 Å². The Kier molecular flexibility index (Phi) is 4.63. The molecule has 0 aliphatic carbocycles. The van der Waals surface area contributed by atoms with E-state index < -0.39 is 12.0 Å². The van der Waals surface area contributed by atoms with Crippen molar-refractivity contribution in [2.75, 3.05) is 5.75 Å². The maximum absolute atomic E-state index is 10.4. The fourth-order valence-corrected chi connectivity index (χ4v) is 1.47. The van der Waals surface area contributed by atoms with Crippen molar-refractivity contribution in [2.24, 2.45) is 5.73 Å². The van der Waals surface area contributed by atoms with Gasteiger partial charge in [0.25, 0.3) is 0 Å². The standard InChI is InChI=1S/C8H17NO2S/c1-4-8(2,3)12-5-6(9)7(10)11/h6H,4-5,9H2,1-3H3,(H,10,11)/t6-/m0/s1. The number of thioether (sulfide) groups is 1. The summed E-state index contributed by atoms with van der Waals surface area (Å²) in [4.78, 5) is 10.4. The first-order valence-corrected chi connectivity index (χ1v) is 5.00. The lowest BCUT2D eigenvalue weighted by molar-refractivity contribution is -0.137. The molecule has 0 amide bonds. The van der Waals surface area contributed by atoms with Crippen LogP contribution in [-0.4, -0.2) is 27.6 Å². The number of hydrogen-bond acceptors (Lipinski definition) is 3. The van der Waals surface area contributed by atoms with E-state index in [0.29, 0.717) is 5.75 Å². The van der Waals surface area contributed by atoms with Crippen LogP contribution in [0.4, 0.5) is 0 Å². The first-order valence-electron chi connectivity index (χ1n) is 4.01. The highest BCUT2D eigenvalue weighted by molar-refractivity contribution is 8.00. The van der Waals surface area contributed by atoms with E-state index in [9.17, 15) is 4.79 Å². The van der Waals surface area contributed by atoms with E-state index in [1.165, 1.54) is 0 Å². The first kappa shape index (κ1) is 11.8. The van der Waals surface area contributed by atoms with E-state index in [-0.39, 0.29) is 4.75 Å². The van der Waals surface area contributed by atoms with Gasteiger partial charge in [-0.25, -0.2) is 0 Å². The van der Waals surface area contributed by atoms with Crippen molar-refractivity contribution in [2.45, 2.75) is 38.0 Å². The van der Waals surface area contributed by atoms with Crippen LogP contribution in [0.1, 0.15) is 27.2 Å². The van der Waals surface area contributed by atoms with Crippen LogP contribution < -0.4 is 5.73 Å². The molecule has 3 N–H and O–H groups in total. The predicted molar refractivity (Wildman–Crippen MR) is 52.4 cm³/mol. The normalized spacial score (nSPS) is 14.3. The monoisotopic (exact) mass is 191 g/mol. The van der Waals surface area contributed by atoms with Crippen LogP contribution in [0.3, 0.4) is 0 Å². The van der Waals surface area contributed by atoms with Crippen LogP contribution >= 0.6 is 11.8 Å². The second-order valence-corrected chi connectivity index (χ2v) is 5.10. The SMILES string of the molecule is CCC(C)(C)SC[C@H](N)C(=O)O. The molecule has 0 aromatic rings. The maximum Gasteiger partial charge on any atom is 0.321 e. The Balaban J connectivity index is 3.75. The molecule has 1 atom stereocenters. The number of carboxylic acid groups (broad SMARTS) is 1. The number of rotatable bonds is 5. The summed E-state index contributed by atoms with van der Waals surface area (Å²) >= 11 is 1.61. The quantitative estimate of drug-likeness (QED) is 0.688. The van der Waals surface area contributed by atoms with Crippen LogP contribution in [0.5, 0.6) is 0 Å². The fourth-order valence-electron chi connectivity index (χ4n) is 0.489. The van der Waals surface area contributed by atoms with Gasteiger partial charge in [0.2, 0.25) is 0 Å². The molecule has 0 saturated heterocycles. The molecule has 0 aromatic carbocycles. The summed E-state index contributed by atoms with van der Waals surface area (Å²) in [5, 5.41) is 8.51. The fraction of sp³-hybridized carbons (Fsp3) is 0.875. The van der Waals surface area contributed by atoms with Gasteiger partial charge < -0.3 is 10.8 Å². The van der Waals surface area contributed by atoms with Gasteiger partial charge >= 0.3 is 5.97 Å². The van der Waals surface area contributed by atoms with Crippen LogP contribution in [-0.2, 0) is 4.79 Å². The molecule has 0 heterocycles. The van der Waals surface area contributed by atoms with E-state index in [0.717, 1.165) is 6.42 Å². The minimum absolute atomic E-state index is 0.132. The summed E-state index contributed by atoms with van der Waals surface area (Å²) in [6.45, 7) is 6.26. The number of carboxylic acids is 1. The Bertz CT molecular complexity index is 159. The first-order chi connectivity index (χ1) is 5.39. The summed E-state index contributed by atoms with van der Waals surface area (Å²) in [5.41, 5.74) is 5.36. The van der Waals surface area contributed by atoms with Crippen LogP contribution in [0.2, 0.25) is 0 Å². The van der Waals surface area contributed by atoms with Crippen molar-refractivity contribution in [1.82, 2.24) is 0 Å². The second kappa shape index (κ2) is 4.72. The highest BCUT2D eigenvalue weighted by Crippen LogP contribution is 2.27. The number of nitrogens with two attached hydrogens (primary N) is 1. The van der Waals surface area contributed by atoms with Crippen molar-refractivity contribution in [1.29, 1.82) is 0 Å². The zero-order valence-corrected chi connectivity index (χ0v) is 8.65. The van der Waals surface area contributed by atoms with Crippen molar-refractivity contribution < 1.29 is 9.90 Å². The van der Waals surface area contributed by atoms with Crippen LogP contribution in [0, 0.1) is 0 Å². The van der Waals surface area contributed by atoms with Gasteiger partial charge in [0, 0.05) is 10.5 Å².